The molecule has 0 bridgehead atoms. The van der Waals surface area contributed by atoms with Gasteiger partial charge in [-0.25, -0.2) is 4.98 Å². The summed E-state index contributed by atoms with van der Waals surface area (Å²) in [4.78, 5) is 17.1. The summed E-state index contributed by atoms with van der Waals surface area (Å²) in [5.74, 6) is -0.112. The number of carbonyl (C=O) groups excluding carboxylic acids is 1. The van der Waals surface area contributed by atoms with Gasteiger partial charge >= 0.3 is 0 Å². The van der Waals surface area contributed by atoms with Crippen LogP contribution in [0.1, 0.15) is 45.5 Å². The highest BCUT2D eigenvalue weighted by atomic mass is 32.1. The van der Waals surface area contributed by atoms with Crippen LogP contribution in [0.25, 0.3) is 11.3 Å². The molecule has 1 aliphatic carbocycles. The van der Waals surface area contributed by atoms with Crippen molar-refractivity contribution in [2.24, 2.45) is 0 Å². The van der Waals surface area contributed by atoms with Crippen molar-refractivity contribution in [3.8, 4) is 11.3 Å². The first-order valence-corrected chi connectivity index (χ1v) is 9.94. The zero-order valence-electron chi connectivity index (χ0n) is 15.1. The zero-order valence-corrected chi connectivity index (χ0v) is 16.0. The molecule has 1 amide bonds. The van der Waals surface area contributed by atoms with E-state index in [4.69, 9.17) is 0 Å². The average Bonchev–Trinajstić information content (AvgIpc) is 3.12. The molecule has 1 aliphatic rings. The van der Waals surface area contributed by atoms with Crippen molar-refractivity contribution in [2.45, 2.75) is 39.5 Å². The van der Waals surface area contributed by atoms with Crippen LogP contribution >= 0.6 is 11.3 Å². The lowest BCUT2D eigenvalue weighted by Crippen LogP contribution is -2.12. The number of anilines is 1. The number of thiazole rings is 1. The summed E-state index contributed by atoms with van der Waals surface area (Å²) in [5, 5.41) is 5.58. The third-order valence-corrected chi connectivity index (χ3v) is 5.90. The summed E-state index contributed by atoms with van der Waals surface area (Å²) in [6.07, 6.45) is 4.90. The van der Waals surface area contributed by atoms with Gasteiger partial charge in [-0.2, -0.15) is 0 Å². The number of nitrogens with one attached hydrogen (secondary N) is 1. The summed E-state index contributed by atoms with van der Waals surface area (Å²) < 4.78 is 0. The number of amides is 1. The van der Waals surface area contributed by atoms with E-state index < -0.39 is 0 Å². The molecule has 0 radical (unpaired) electrons. The van der Waals surface area contributed by atoms with Crippen LogP contribution in [0, 0.1) is 13.8 Å². The number of aryl methyl sites for hydroxylation is 4. The van der Waals surface area contributed by atoms with E-state index in [1.807, 2.05) is 37.4 Å². The summed E-state index contributed by atoms with van der Waals surface area (Å²) in [5.41, 5.74) is 7.95. The van der Waals surface area contributed by atoms with E-state index >= 15 is 0 Å². The van der Waals surface area contributed by atoms with Gasteiger partial charge in [0.05, 0.1) is 5.69 Å². The molecule has 1 heterocycles. The predicted molar refractivity (Wildman–Crippen MR) is 108 cm³/mol. The number of rotatable bonds is 3. The number of aromatic nitrogens is 1. The Balaban J connectivity index is 1.52. The third kappa shape index (κ3) is 3.42. The highest BCUT2D eigenvalue weighted by Crippen LogP contribution is 2.29. The Hall–Kier alpha value is -2.46. The van der Waals surface area contributed by atoms with Crippen molar-refractivity contribution in [1.82, 2.24) is 4.98 Å². The van der Waals surface area contributed by atoms with Crippen LogP contribution in [0.15, 0.2) is 41.8 Å². The second kappa shape index (κ2) is 7.04. The molecular formula is C22H22N2OS. The molecule has 132 valence electrons. The highest BCUT2D eigenvalue weighted by Gasteiger charge is 2.13. The molecule has 3 aromatic rings. The minimum Gasteiger partial charge on any atom is -0.298 e. The maximum Gasteiger partial charge on any atom is 0.257 e. The van der Waals surface area contributed by atoms with Gasteiger partial charge in [-0.05, 0) is 80.0 Å². The van der Waals surface area contributed by atoms with E-state index in [1.54, 1.807) is 0 Å². The average molecular weight is 362 g/mol. The summed E-state index contributed by atoms with van der Waals surface area (Å²) >= 11 is 1.47. The molecule has 0 saturated heterocycles. The van der Waals surface area contributed by atoms with Gasteiger partial charge in [0.1, 0.15) is 0 Å². The lowest BCUT2D eigenvalue weighted by atomic mass is 9.90. The molecular weight excluding hydrogens is 340 g/mol. The Morgan fingerprint density at radius 1 is 1.00 bits per heavy atom. The van der Waals surface area contributed by atoms with Gasteiger partial charge in [0.25, 0.3) is 5.91 Å². The van der Waals surface area contributed by atoms with Crippen LogP contribution in [0.3, 0.4) is 0 Å². The van der Waals surface area contributed by atoms with Gasteiger partial charge in [-0.15, -0.1) is 11.3 Å². The number of hydrogen-bond acceptors (Lipinski definition) is 3. The molecule has 0 spiro atoms. The molecule has 0 fully saturated rings. The van der Waals surface area contributed by atoms with Crippen LogP contribution in [0.2, 0.25) is 0 Å². The van der Waals surface area contributed by atoms with Crippen molar-refractivity contribution in [2.75, 3.05) is 5.32 Å². The molecule has 0 saturated carbocycles. The number of carbonyl (C=O) groups is 1. The fourth-order valence-corrected chi connectivity index (χ4v) is 4.12. The van der Waals surface area contributed by atoms with E-state index in [-0.39, 0.29) is 5.91 Å². The number of benzene rings is 2. The lowest BCUT2D eigenvalue weighted by molar-refractivity contribution is 0.102. The minimum atomic E-state index is -0.112. The predicted octanol–water partition coefficient (Wildman–Crippen LogP) is 5.56. The molecule has 1 aromatic heterocycles. The van der Waals surface area contributed by atoms with E-state index in [0.717, 1.165) is 23.2 Å². The van der Waals surface area contributed by atoms with Gasteiger partial charge < -0.3 is 0 Å². The topological polar surface area (TPSA) is 42.0 Å². The normalized spacial score (nSPS) is 13.3. The lowest BCUT2D eigenvalue weighted by Gasteiger charge is -2.16. The van der Waals surface area contributed by atoms with E-state index in [2.05, 4.69) is 28.5 Å². The monoisotopic (exact) mass is 362 g/mol. The molecule has 0 aliphatic heterocycles. The van der Waals surface area contributed by atoms with E-state index in [1.165, 1.54) is 47.3 Å². The second-order valence-corrected chi connectivity index (χ2v) is 7.84. The number of hydrogen-bond donors (Lipinski definition) is 1. The molecule has 2 aromatic carbocycles. The zero-order chi connectivity index (χ0) is 18.1. The standard InChI is InChI=1S/C22H22N2OS/c1-14-7-8-19(11-15(14)2)21(25)24-22-23-20(13-26-22)18-10-9-16-5-3-4-6-17(16)12-18/h7-13H,3-6H2,1-2H3,(H,23,24,25). The summed E-state index contributed by atoms with van der Waals surface area (Å²) in [6, 6.07) is 12.4. The number of nitrogens with zero attached hydrogens (tertiary/aromatic N) is 1. The molecule has 3 nitrogen and oxygen atoms in total. The molecule has 1 N–H and O–H groups in total. The quantitative estimate of drug-likeness (QED) is 0.663. The Kier molecular flexibility index (Phi) is 4.60. The van der Waals surface area contributed by atoms with Crippen molar-refractivity contribution >= 4 is 22.4 Å². The van der Waals surface area contributed by atoms with Crippen LogP contribution in [-0.4, -0.2) is 10.9 Å². The Bertz CT molecular complexity index is 974. The summed E-state index contributed by atoms with van der Waals surface area (Å²) in [6.45, 7) is 4.06. The molecule has 0 atom stereocenters. The van der Waals surface area contributed by atoms with E-state index in [0.29, 0.717) is 10.7 Å². The molecule has 26 heavy (non-hydrogen) atoms. The van der Waals surface area contributed by atoms with Gasteiger partial charge in [0, 0.05) is 16.5 Å². The highest BCUT2D eigenvalue weighted by molar-refractivity contribution is 7.14. The number of fused-ring (bicyclic) bond motifs is 1. The molecule has 4 rings (SSSR count). The third-order valence-electron chi connectivity index (χ3n) is 5.14. The molecule has 0 unspecified atom stereocenters. The SMILES string of the molecule is Cc1ccc(C(=O)Nc2nc(-c3ccc4c(c3)CCCC4)cs2)cc1C. The fraction of sp³-hybridized carbons (Fsp3) is 0.273. The van der Waals surface area contributed by atoms with Crippen molar-refractivity contribution in [3.05, 3.63) is 69.6 Å². The first kappa shape index (κ1) is 17.0. The smallest absolute Gasteiger partial charge is 0.257 e. The Labute approximate surface area is 158 Å². The first-order chi connectivity index (χ1) is 12.6. The Morgan fingerprint density at radius 3 is 2.62 bits per heavy atom. The Morgan fingerprint density at radius 2 is 1.81 bits per heavy atom. The van der Waals surface area contributed by atoms with Crippen LogP contribution in [0.4, 0.5) is 5.13 Å². The van der Waals surface area contributed by atoms with Crippen molar-refractivity contribution in [1.29, 1.82) is 0 Å². The van der Waals surface area contributed by atoms with Gasteiger partial charge in [0.15, 0.2) is 5.13 Å². The first-order valence-electron chi connectivity index (χ1n) is 9.06. The van der Waals surface area contributed by atoms with Crippen molar-refractivity contribution < 1.29 is 4.79 Å². The second-order valence-electron chi connectivity index (χ2n) is 6.98. The fourth-order valence-electron chi connectivity index (χ4n) is 3.41. The van der Waals surface area contributed by atoms with Crippen LogP contribution < -0.4 is 5.32 Å². The molecule has 4 heteroatoms. The minimum absolute atomic E-state index is 0.112. The van der Waals surface area contributed by atoms with E-state index in [9.17, 15) is 4.79 Å². The van der Waals surface area contributed by atoms with Gasteiger partial charge in [-0.1, -0.05) is 18.2 Å². The van der Waals surface area contributed by atoms with Crippen LogP contribution in [-0.2, 0) is 12.8 Å². The summed E-state index contributed by atoms with van der Waals surface area (Å²) in [7, 11) is 0. The largest absolute Gasteiger partial charge is 0.298 e. The van der Waals surface area contributed by atoms with Gasteiger partial charge in [0.2, 0.25) is 0 Å². The maximum atomic E-state index is 12.5. The van der Waals surface area contributed by atoms with Gasteiger partial charge in [-0.3, -0.25) is 10.1 Å². The maximum absolute atomic E-state index is 12.5. The van der Waals surface area contributed by atoms with Crippen LogP contribution in [0.5, 0.6) is 0 Å². The van der Waals surface area contributed by atoms with Crippen molar-refractivity contribution in [3.63, 3.8) is 0 Å².